The number of rotatable bonds is 7. The van der Waals surface area contributed by atoms with Crippen LogP contribution in [0.15, 0.2) is 18.3 Å². The Balaban J connectivity index is 2.17. The second kappa shape index (κ2) is 7.96. The molecule has 24 heavy (non-hydrogen) atoms. The van der Waals surface area contributed by atoms with E-state index < -0.39 is 9.84 Å². The molecule has 134 valence electrons. The molecular formula is C17H27N3O3S. The Morgan fingerprint density at radius 2 is 1.96 bits per heavy atom. The summed E-state index contributed by atoms with van der Waals surface area (Å²) in [4.78, 5) is 20.8. The molecule has 2 heterocycles. The highest BCUT2D eigenvalue weighted by atomic mass is 32.2. The summed E-state index contributed by atoms with van der Waals surface area (Å²) in [5, 5.41) is 0. The summed E-state index contributed by atoms with van der Waals surface area (Å²) in [5.74, 6) is 1.04. The molecule has 1 aromatic heterocycles. The number of anilines is 1. The van der Waals surface area contributed by atoms with Crippen LogP contribution in [0.25, 0.3) is 0 Å². The number of pyridine rings is 1. The van der Waals surface area contributed by atoms with E-state index in [1.54, 1.807) is 18.3 Å². The van der Waals surface area contributed by atoms with Gasteiger partial charge in [0.05, 0.1) is 11.5 Å². The van der Waals surface area contributed by atoms with Crippen LogP contribution in [0.4, 0.5) is 5.82 Å². The van der Waals surface area contributed by atoms with Crippen molar-refractivity contribution in [3.63, 3.8) is 0 Å². The summed E-state index contributed by atoms with van der Waals surface area (Å²) in [6, 6.07) is 3.42. The molecule has 1 aromatic rings. The first-order valence-electron chi connectivity index (χ1n) is 8.56. The Bertz CT molecular complexity index is 669. The van der Waals surface area contributed by atoms with Crippen LogP contribution in [0, 0.1) is 0 Å². The fourth-order valence-corrected chi connectivity index (χ4v) is 4.82. The normalized spacial score (nSPS) is 19.2. The van der Waals surface area contributed by atoms with Gasteiger partial charge in [-0.15, -0.1) is 0 Å². The first kappa shape index (κ1) is 18.7. The quantitative estimate of drug-likeness (QED) is 0.749. The van der Waals surface area contributed by atoms with Gasteiger partial charge >= 0.3 is 0 Å². The molecule has 1 aliphatic rings. The van der Waals surface area contributed by atoms with Crippen LogP contribution in [-0.4, -0.2) is 61.9 Å². The fourth-order valence-electron chi connectivity index (χ4n) is 3.05. The second-order valence-corrected chi connectivity index (χ2v) is 8.59. The molecule has 1 unspecified atom stereocenters. The van der Waals surface area contributed by atoms with E-state index in [-0.39, 0.29) is 23.5 Å². The zero-order valence-corrected chi connectivity index (χ0v) is 15.6. The lowest BCUT2D eigenvalue weighted by molar-refractivity contribution is 0.0755. The molecule has 0 spiro atoms. The van der Waals surface area contributed by atoms with E-state index in [9.17, 15) is 13.2 Å². The molecule has 0 aliphatic carbocycles. The molecule has 2 rings (SSSR count). The first-order chi connectivity index (χ1) is 11.4. The maximum absolute atomic E-state index is 12.7. The Labute approximate surface area is 144 Å². The van der Waals surface area contributed by atoms with Crippen LogP contribution in [0.3, 0.4) is 0 Å². The maximum atomic E-state index is 12.7. The number of amides is 1. The third-order valence-electron chi connectivity index (χ3n) is 4.38. The maximum Gasteiger partial charge on any atom is 0.254 e. The number of nitrogens with zero attached hydrogens (tertiary/aromatic N) is 3. The van der Waals surface area contributed by atoms with Gasteiger partial charge in [0.25, 0.3) is 5.91 Å². The van der Waals surface area contributed by atoms with Crippen LogP contribution in [-0.2, 0) is 9.84 Å². The molecule has 0 saturated carbocycles. The van der Waals surface area contributed by atoms with Crippen molar-refractivity contribution in [1.29, 1.82) is 0 Å². The monoisotopic (exact) mass is 353 g/mol. The van der Waals surface area contributed by atoms with Crippen LogP contribution in [0.5, 0.6) is 0 Å². The van der Waals surface area contributed by atoms with Gasteiger partial charge in [0.2, 0.25) is 0 Å². The lowest BCUT2D eigenvalue weighted by Crippen LogP contribution is -2.34. The molecule has 0 radical (unpaired) electrons. The summed E-state index contributed by atoms with van der Waals surface area (Å²) < 4.78 is 23.4. The van der Waals surface area contributed by atoms with Gasteiger partial charge in [-0.2, -0.15) is 0 Å². The standard InChI is InChI=1S/C17H27N3O3S/c1-4-9-20(10-5-2)17(21)14-6-8-18-16(12-14)19(3)15-7-11-24(22,23)13-15/h6,8,12,15H,4-5,7,9-11,13H2,1-3H3. The Hall–Kier alpha value is -1.63. The van der Waals surface area contributed by atoms with Crippen molar-refractivity contribution in [3.05, 3.63) is 23.9 Å². The van der Waals surface area contributed by atoms with E-state index in [4.69, 9.17) is 0 Å². The number of carbonyl (C=O) groups is 1. The third-order valence-corrected chi connectivity index (χ3v) is 6.13. The SMILES string of the molecule is CCCN(CCC)C(=O)c1ccnc(N(C)C2CCS(=O)(=O)C2)c1. The third kappa shape index (κ3) is 4.47. The lowest BCUT2D eigenvalue weighted by Gasteiger charge is -2.26. The van der Waals surface area contributed by atoms with Crippen molar-refractivity contribution in [2.24, 2.45) is 0 Å². The van der Waals surface area contributed by atoms with Crippen molar-refractivity contribution < 1.29 is 13.2 Å². The van der Waals surface area contributed by atoms with Crippen LogP contribution < -0.4 is 4.90 Å². The van der Waals surface area contributed by atoms with E-state index in [2.05, 4.69) is 18.8 Å². The number of hydrogen-bond donors (Lipinski definition) is 0. The number of aromatic nitrogens is 1. The highest BCUT2D eigenvalue weighted by molar-refractivity contribution is 7.91. The van der Waals surface area contributed by atoms with Gasteiger partial charge in [0.1, 0.15) is 5.82 Å². The largest absolute Gasteiger partial charge is 0.356 e. The lowest BCUT2D eigenvalue weighted by atomic mass is 10.2. The predicted octanol–water partition coefficient (Wildman–Crippen LogP) is 1.97. The Morgan fingerprint density at radius 1 is 1.29 bits per heavy atom. The topological polar surface area (TPSA) is 70.6 Å². The van der Waals surface area contributed by atoms with E-state index in [1.165, 1.54) is 0 Å². The fraction of sp³-hybridized carbons (Fsp3) is 0.647. The smallest absolute Gasteiger partial charge is 0.254 e. The molecule has 6 nitrogen and oxygen atoms in total. The summed E-state index contributed by atoms with van der Waals surface area (Å²) in [5.41, 5.74) is 0.606. The van der Waals surface area contributed by atoms with E-state index in [0.29, 0.717) is 17.8 Å². The Kier molecular flexibility index (Phi) is 6.21. The number of sulfone groups is 1. The van der Waals surface area contributed by atoms with Gasteiger partial charge in [-0.05, 0) is 31.4 Å². The number of carbonyl (C=O) groups excluding carboxylic acids is 1. The minimum Gasteiger partial charge on any atom is -0.356 e. The van der Waals surface area contributed by atoms with Crippen molar-refractivity contribution in [3.8, 4) is 0 Å². The van der Waals surface area contributed by atoms with E-state index >= 15 is 0 Å². The minimum atomic E-state index is -2.95. The van der Waals surface area contributed by atoms with Crippen LogP contribution in [0.2, 0.25) is 0 Å². The molecule has 1 amide bonds. The zero-order chi connectivity index (χ0) is 17.7. The van der Waals surface area contributed by atoms with Gasteiger partial charge in [0.15, 0.2) is 9.84 Å². The molecule has 1 saturated heterocycles. The highest BCUT2D eigenvalue weighted by Gasteiger charge is 2.31. The first-order valence-corrected chi connectivity index (χ1v) is 10.4. The molecule has 1 atom stereocenters. The molecule has 1 aliphatic heterocycles. The van der Waals surface area contributed by atoms with Crippen molar-refractivity contribution in [2.75, 3.05) is 36.5 Å². The molecule has 0 bridgehead atoms. The highest BCUT2D eigenvalue weighted by Crippen LogP contribution is 2.22. The van der Waals surface area contributed by atoms with Gasteiger partial charge < -0.3 is 9.80 Å². The van der Waals surface area contributed by atoms with E-state index in [1.807, 2.05) is 16.8 Å². The van der Waals surface area contributed by atoms with Gasteiger partial charge in [-0.25, -0.2) is 13.4 Å². The van der Waals surface area contributed by atoms with Crippen molar-refractivity contribution in [1.82, 2.24) is 9.88 Å². The summed E-state index contributed by atoms with van der Waals surface area (Å²) in [6.07, 6.45) is 4.07. The van der Waals surface area contributed by atoms with E-state index in [0.717, 1.165) is 25.9 Å². The van der Waals surface area contributed by atoms with Gasteiger partial charge in [-0.1, -0.05) is 13.8 Å². The molecule has 0 aromatic carbocycles. The predicted molar refractivity (Wildman–Crippen MR) is 96.2 cm³/mol. The van der Waals surface area contributed by atoms with Crippen LogP contribution >= 0.6 is 0 Å². The summed E-state index contributed by atoms with van der Waals surface area (Å²) in [7, 11) is -1.10. The van der Waals surface area contributed by atoms with Gasteiger partial charge in [-0.3, -0.25) is 4.79 Å². The average molecular weight is 353 g/mol. The summed E-state index contributed by atoms with van der Waals surface area (Å²) >= 11 is 0. The number of hydrogen-bond acceptors (Lipinski definition) is 5. The van der Waals surface area contributed by atoms with Crippen molar-refractivity contribution in [2.45, 2.75) is 39.2 Å². The zero-order valence-electron chi connectivity index (χ0n) is 14.7. The minimum absolute atomic E-state index is 0.00907. The second-order valence-electron chi connectivity index (χ2n) is 6.36. The molecule has 1 fully saturated rings. The van der Waals surface area contributed by atoms with Gasteiger partial charge in [0, 0.05) is 37.9 Å². The molecule has 7 heteroatoms. The Morgan fingerprint density at radius 3 is 2.50 bits per heavy atom. The van der Waals surface area contributed by atoms with Crippen LogP contribution in [0.1, 0.15) is 43.5 Å². The molecular weight excluding hydrogens is 326 g/mol. The van der Waals surface area contributed by atoms with Crippen molar-refractivity contribution >= 4 is 21.6 Å². The summed E-state index contributed by atoms with van der Waals surface area (Å²) in [6.45, 7) is 5.59. The molecule has 0 N–H and O–H groups in total. The average Bonchev–Trinajstić information content (AvgIpc) is 2.93.